The van der Waals surface area contributed by atoms with Crippen molar-refractivity contribution >= 4 is 17.3 Å². The molecular weight excluding hydrogens is 214 g/mol. The minimum atomic E-state index is -0.408. The van der Waals surface area contributed by atoms with Crippen molar-refractivity contribution in [3.05, 3.63) is 23.1 Å². The molecule has 0 saturated carbocycles. The Bertz CT molecular complexity index is 476. The van der Waals surface area contributed by atoms with Gasteiger partial charge in [-0.25, -0.2) is 14.8 Å². The summed E-state index contributed by atoms with van der Waals surface area (Å²) in [6, 6.07) is 0. The normalized spacial score (nSPS) is 10.3. The zero-order valence-electron chi connectivity index (χ0n) is 8.27. The highest BCUT2D eigenvalue weighted by Crippen LogP contribution is 2.25. The van der Waals surface area contributed by atoms with Crippen molar-refractivity contribution < 1.29 is 9.53 Å². The quantitative estimate of drug-likeness (QED) is 0.786. The van der Waals surface area contributed by atoms with Gasteiger partial charge in [0.15, 0.2) is 5.69 Å². The highest BCUT2D eigenvalue weighted by atomic mass is 32.1. The summed E-state index contributed by atoms with van der Waals surface area (Å²) < 4.78 is 4.63. The van der Waals surface area contributed by atoms with E-state index in [1.54, 1.807) is 12.5 Å². The molecular formula is C9H9N3O2S. The van der Waals surface area contributed by atoms with E-state index in [9.17, 15) is 4.79 Å². The summed E-state index contributed by atoms with van der Waals surface area (Å²) in [5, 5.41) is 0.741. The molecule has 1 N–H and O–H groups in total. The van der Waals surface area contributed by atoms with Gasteiger partial charge in [-0.1, -0.05) is 0 Å². The van der Waals surface area contributed by atoms with Gasteiger partial charge < -0.3 is 9.72 Å². The highest BCUT2D eigenvalue weighted by Gasteiger charge is 2.16. The van der Waals surface area contributed by atoms with Crippen molar-refractivity contribution in [3.8, 4) is 10.7 Å². The van der Waals surface area contributed by atoms with Crippen LogP contribution in [0.4, 0.5) is 0 Å². The van der Waals surface area contributed by atoms with Crippen LogP contribution in [0.3, 0.4) is 0 Å². The van der Waals surface area contributed by atoms with E-state index < -0.39 is 5.97 Å². The number of thiazole rings is 1. The summed E-state index contributed by atoms with van der Waals surface area (Å²) in [7, 11) is 1.34. The lowest BCUT2D eigenvalue weighted by Crippen LogP contribution is -2.03. The standard InChI is InChI=1S/C9H9N3O2S/c1-5-7(9(13)14-2)12-8(15-5)6-3-10-4-11-6/h3-4H,1-2H3,(H,10,11). The third kappa shape index (κ3) is 1.75. The number of ether oxygens (including phenoxy) is 1. The second kappa shape index (κ2) is 3.82. The Kier molecular flexibility index (Phi) is 2.51. The molecule has 0 aliphatic heterocycles. The number of nitrogens with zero attached hydrogens (tertiary/aromatic N) is 2. The molecule has 2 rings (SSSR count). The first-order valence-corrected chi connectivity index (χ1v) is 5.08. The van der Waals surface area contributed by atoms with Gasteiger partial charge in [-0.15, -0.1) is 11.3 Å². The molecule has 6 heteroatoms. The van der Waals surface area contributed by atoms with E-state index >= 15 is 0 Å². The maximum atomic E-state index is 11.3. The first-order valence-electron chi connectivity index (χ1n) is 4.27. The summed E-state index contributed by atoms with van der Waals surface area (Å²) in [6.45, 7) is 1.84. The summed E-state index contributed by atoms with van der Waals surface area (Å²) in [6.07, 6.45) is 3.24. The Morgan fingerprint density at radius 1 is 1.60 bits per heavy atom. The average molecular weight is 223 g/mol. The number of carbonyl (C=O) groups excluding carboxylic acids is 1. The number of carbonyl (C=O) groups is 1. The fourth-order valence-electron chi connectivity index (χ4n) is 1.17. The van der Waals surface area contributed by atoms with Crippen LogP contribution < -0.4 is 0 Å². The van der Waals surface area contributed by atoms with Crippen LogP contribution in [0.1, 0.15) is 15.4 Å². The number of nitrogens with one attached hydrogen (secondary N) is 1. The lowest BCUT2D eigenvalue weighted by atomic mass is 10.4. The first kappa shape index (κ1) is 9.85. The summed E-state index contributed by atoms with van der Waals surface area (Å²) in [5.41, 5.74) is 1.17. The van der Waals surface area contributed by atoms with Crippen LogP contribution in [0.15, 0.2) is 12.5 Å². The van der Waals surface area contributed by atoms with Crippen LogP contribution in [0, 0.1) is 6.92 Å². The van der Waals surface area contributed by atoms with Crippen LogP contribution in [0.25, 0.3) is 10.7 Å². The molecule has 78 valence electrons. The molecule has 0 bridgehead atoms. The molecule has 0 radical (unpaired) electrons. The van der Waals surface area contributed by atoms with Gasteiger partial charge in [0, 0.05) is 4.88 Å². The monoisotopic (exact) mass is 223 g/mol. The molecule has 0 aliphatic rings. The summed E-state index contributed by atoms with van der Waals surface area (Å²) >= 11 is 1.43. The SMILES string of the molecule is COC(=O)c1nc(-c2cnc[nH]2)sc1C. The fourth-order valence-corrected chi connectivity index (χ4v) is 2.04. The molecule has 15 heavy (non-hydrogen) atoms. The highest BCUT2D eigenvalue weighted by molar-refractivity contribution is 7.15. The molecule has 0 amide bonds. The van der Waals surface area contributed by atoms with Gasteiger partial charge in [-0.05, 0) is 6.92 Å². The second-order valence-corrected chi connectivity index (χ2v) is 4.08. The maximum absolute atomic E-state index is 11.3. The predicted octanol–water partition coefficient (Wildman–Crippen LogP) is 1.63. The van der Waals surface area contributed by atoms with Crippen LogP contribution in [-0.2, 0) is 4.74 Å². The van der Waals surface area contributed by atoms with E-state index in [4.69, 9.17) is 0 Å². The van der Waals surface area contributed by atoms with Gasteiger partial charge >= 0.3 is 5.97 Å². The molecule has 0 saturated heterocycles. The van der Waals surface area contributed by atoms with Crippen LogP contribution in [0.2, 0.25) is 0 Å². The fraction of sp³-hybridized carbons (Fsp3) is 0.222. The number of aryl methyl sites for hydroxylation is 1. The van der Waals surface area contributed by atoms with Crippen molar-refractivity contribution in [3.63, 3.8) is 0 Å². The van der Waals surface area contributed by atoms with Gasteiger partial charge in [0.2, 0.25) is 0 Å². The zero-order valence-corrected chi connectivity index (χ0v) is 9.09. The minimum Gasteiger partial charge on any atom is -0.464 e. The van der Waals surface area contributed by atoms with Crippen LogP contribution in [-0.4, -0.2) is 28.0 Å². The van der Waals surface area contributed by atoms with Crippen molar-refractivity contribution in [2.24, 2.45) is 0 Å². The lowest BCUT2D eigenvalue weighted by Gasteiger charge is -1.93. The Morgan fingerprint density at radius 3 is 3.00 bits per heavy atom. The zero-order chi connectivity index (χ0) is 10.8. The van der Waals surface area contributed by atoms with E-state index in [0.717, 1.165) is 15.6 Å². The average Bonchev–Trinajstić information content (AvgIpc) is 2.84. The van der Waals surface area contributed by atoms with Gasteiger partial charge in [-0.2, -0.15) is 0 Å². The summed E-state index contributed by atoms with van der Waals surface area (Å²) in [5.74, 6) is -0.408. The van der Waals surface area contributed by atoms with Crippen molar-refractivity contribution in [2.75, 3.05) is 7.11 Å². The molecule has 5 nitrogen and oxygen atoms in total. The Hall–Kier alpha value is -1.69. The molecule has 0 aliphatic carbocycles. The maximum Gasteiger partial charge on any atom is 0.357 e. The van der Waals surface area contributed by atoms with E-state index in [-0.39, 0.29) is 0 Å². The van der Waals surface area contributed by atoms with E-state index in [0.29, 0.717) is 5.69 Å². The third-order valence-electron chi connectivity index (χ3n) is 1.90. The smallest absolute Gasteiger partial charge is 0.357 e. The number of hydrogen-bond donors (Lipinski definition) is 1. The predicted molar refractivity (Wildman–Crippen MR) is 55.8 cm³/mol. The van der Waals surface area contributed by atoms with Gasteiger partial charge in [0.05, 0.1) is 25.3 Å². The first-order chi connectivity index (χ1) is 7.22. The van der Waals surface area contributed by atoms with Gasteiger partial charge in [-0.3, -0.25) is 0 Å². The molecule has 2 heterocycles. The molecule has 0 unspecified atom stereocenters. The number of hydrogen-bond acceptors (Lipinski definition) is 5. The Labute approximate surface area is 90.1 Å². The minimum absolute atomic E-state index is 0.368. The van der Waals surface area contributed by atoms with Crippen molar-refractivity contribution in [1.82, 2.24) is 15.0 Å². The molecule has 0 aromatic carbocycles. The molecule has 0 atom stereocenters. The second-order valence-electron chi connectivity index (χ2n) is 2.88. The van der Waals surface area contributed by atoms with E-state index in [1.165, 1.54) is 18.4 Å². The number of esters is 1. The number of aromatic nitrogens is 3. The summed E-state index contributed by atoms with van der Waals surface area (Å²) in [4.78, 5) is 23.2. The third-order valence-corrected chi connectivity index (χ3v) is 2.91. The van der Waals surface area contributed by atoms with E-state index in [1.807, 2.05) is 6.92 Å². The number of aromatic amines is 1. The number of methoxy groups -OCH3 is 1. The van der Waals surface area contributed by atoms with Gasteiger partial charge in [0.1, 0.15) is 5.01 Å². The number of rotatable bonds is 2. The number of imidazole rings is 1. The Balaban J connectivity index is 2.41. The van der Waals surface area contributed by atoms with E-state index in [2.05, 4.69) is 19.7 Å². The van der Waals surface area contributed by atoms with Crippen molar-refractivity contribution in [2.45, 2.75) is 6.92 Å². The molecule has 0 fully saturated rings. The number of H-pyrrole nitrogens is 1. The topological polar surface area (TPSA) is 67.9 Å². The lowest BCUT2D eigenvalue weighted by molar-refractivity contribution is 0.0594. The molecule has 2 aromatic rings. The largest absolute Gasteiger partial charge is 0.464 e. The van der Waals surface area contributed by atoms with Crippen molar-refractivity contribution in [1.29, 1.82) is 0 Å². The Morgan fingerprint density at radius 2 is 2.40 bits per heavy atom. The van der Waals surface area contributed by atoms with Crippen LogP contribution >= 0.6 is 11.3 Å². The molecule has 2 aromatic heterocycles. The molecule has 0 spiro atoms. The van der Waals surface area contributed by atoms with Gasteiger partial charge in [0.25, 0.3) is 0 Å². The van der Waals surface area contributed by atoms with Crippen LogP contribution in [0.5, 0.6) is 0 Å².